The van der Waals surface area contributed by atoms with Crippen molar-refractivity contribution in [2.45, 2.75) is 0 Å². The van der Waals surface area contributed by atoms with Crippen LogP contribution >= 0.6 is 11.3 Å². The quantitative estimate of drug-likeness (QED) is 0.179. The van der Waals surface area contributed by atoms with Crippen molar-refractivity contribution in [2.75, 3.05) is 0 Å². The van der Waals surface area contributed by atoms with Crippen molar-refractivity contribution in [1.82, 2.24) is 15.0 Å². The molecule has 8 aromatic carbocycles. The van der Waals surface area contributed by atoms with Gasteiger partial charge in [0.15, 0.2) is 17.5 Å². The van der Waals surface area contributed by atoms with Crippen LogP contribution in [0.15, 0.2) is 180 Å². The molecule has 0 bridgehead atoms. The molecule has 54 heavy (non-hydrogen) atoms. The molecule has 11 rings (SSSR count). The van der Waals surface area contributed by atoms with E-state index in [0.717, 1.165) is 60.5 Å². The molecule has 0 amide bonds. The van der Waals surface area contributed by atoms with E-state index in [1.165, 1.54) is 31.3 Å². The summed E-state index contributed by atoms with van der Waals surface area (Å²) in [6.07, 6.45) is 0. The van der Waals surface area contributed by atoms with Gasteiger partial charge in [-0.3, -0.25) is 0 Å². The van der Waals surface area contributed by atoms with Crippen LogP contribution in [0, 0.1) is 0 Å². The molecular formula is C49H29N3OS. The van der Waals surface area contributed by atoms with Crippen LogP contribution in [0.25, 0.3) is 109 Å². The molecule has 0 fully saturated rings. The molecule has 0 aliphatic heterocycles. The molecule has 4 nitrogen and oxygen atoms in total. The zero-order chi connectivity index (χ0) is 35.6. The molecule has 0 N–H and O–H groups in total. The Labute approximate surface area is 314 Å². The molecule has 0 saturated heterocycles. The van der Waals surface area contributed by atoms with E-state index in [2.05, 4.69) is 133 Å². The summed E-state index contributed by atoms with van der Waals surface area (Å²) in [5.41, 5.74) is 9.09. The zero-order valence-corrected chi connectivity index (χ0v) is 29.7. The predicted octanol–water partition coefficient (Wildman–Crippen LogP) is 13.6. The first-order valence-electron chi connectivity index (χ1n) is 18.0. The second kappa shape index (κ2) is 12.3. The van der Waals surface area contributed by atoms with Crippen molar-refractivity contribution in [3.8, 4) is 56.4 Å². The Morgan fingerprint density at radius 1 is 0.370 bits per heavy atom. The molecule has 252 valence electrons. The average molecular weight is 708 g/mol. The van der Waals surface area contributed by atoms with E-state index in [1.807, 2.05) is 53.8 Å². The van der Waals surface area contributed by atoms with Gasteiger partial charge < -0.3 is 4.42 Å². The van der Waals surface area contributed by atoms with Gasteiger partial charge in [0, 0.05) is 53.0 Å². The predicted molar refractivity (Wildman–Crippen MR) is 225 cm³/mol. The number of thiophene rings is 1. The highest BCUT2D eigenvalue weighted by atomic mass is 32.1. The Morgan fingerprint density at radius 2 is 1.04 bits per heavy atom. The fourth-order valence-corrected chi connectivity index (χ4v) is 8.96. The molecular weight excluding hydrogens is 679 g/mol. The monoisotopic (exact) mass is 707 g/mol. The summed E-state index contributed by atoms with van der Waals surface area (Å²) in [6, 6.07) is 61.5. The Bertz CT molecular complexity index is 3220. The van der Waals surface area contributed by atoms with Gasteiger partial charge in [-0.25, -0.2) is 15.0 Å². The van der Waals surface area contributed by atoms with E-state index in [-0.39, 0.29) is 0 Å². The third kappa shape index (κ3) is 5.01. The van der Waals surface area contributed by atoms with E-state index >= 15 is 0 Å². The van der Waals surface area contributed by atoms with Crippen LogP contribution in [0.2, 0.25) is 0 Å². The average Bonchev–Trinajstić information content (AvgIpc) is 3.83. The zero-order valence-electron chi connectivity index (χ0n) is 28.9. The van der Waals surface area contributed by atoms with E-state index in [4.69, 9.17) is 19.4 Å². The van der Waals surface area contributed by atoms with Gasteiger partial charge in [0.05, 0.1) is 0 Å². The summed E-state index contributed by atoms with van der Waals surface area (Å²) < 4.78 is 9.09. The fraction of sp³-hybridized carbons (Fsp3) is 0. The molecule has 0 atom stereocenters. The summed E-state index contributed by atoms with van der Waals surface area (Å²) in [5, 5.41) is 6.84. The molecule has 0 aliphatic rings. The first-order chi connectivity index (χ1) is 26.7. The van der Waals surface area contributed by atoms with E-state index in [9.17, 15) is 0 Å². The van der Waals surface area contributed by atoms with Crippen LogP contribution in [-0.4, -0.2) is 15.0 Å². The van der Waals surface area contributed by atoms with Gasteiger partial charge in [-0.1, -0.05) is 140 Å². The summed E-state index contributed by atoms with van der Waals surface area (Å²) in [6.45, 7) is 0. The van der Waals surface area contributed by atoms with E-state index < -0.39 is 0 Å². The van der Waals surface area contributed by atoms with Gasteiger partial charge in [-0.15, -0.1) is 11.3 Å². The van der Waals surface area contributed by atoms with Gasteiger partial charge in [0.25, 0.3) is 0 Å². The highest BCUT2D eigenvalue weighted by Crippen LogP contribution is 2.44. The molecule has 0 unspecified atom stereocenters. The minimum atomic E-state index is 0.601. The number of nitrogens with zero attached hydrogens (tertiary/aromatic N) is 3. The number of hydrogen-bond donors (Lipinski definition) is 0. The minimum Gasteiger partial charge on any atom is -0.455 e. The highest BCUT2D eigenvalue weighted by molar-refractivity contribution is 7.26. The van der Waals surface area contributed by atoms with Crippen molar-refractivity contribution < 1.29 is 4.42 Å². The molecule has 11 aromatic rings. The number of benzene rings is 8. The lowest BCUT2D eigenvalue weighted by atomic mass is 9.94. The Hall–Kier alpha value is -6.95. The van der Waals surface area contributed by atoms with Crippen molar-refractivity contribution >= 4 is 64.2 Å². The third-order valence-electron chi connectivity index (χ3n) is 10.3. The summed E-state index contributed by atoms with van der Waals surface area (Å²) in [7, 11) is 0. The smallest absolute Gasteiger partial charge is 0.164 e. The molecule has 0 radical (unpaired) electrons. The van der Waals surface area contributed by atoms with Crippen LogP contribution in [-0.2, 0) is 0 Å². The number of furan rings is 1. The lowest BCUT2D eigenvalue weighted by Gasteiger charge is -2.12. The third-order valence-corrected chi connectivity index (χ3v) is 11.4. The summed E-state index contributed by atoms with van der Waals surface area (Å²) in [5.74, 6) is 1.83. The second-order valence-corrected chi connectivity index (χ2v) is 14.6. The maximum Gasteiger partial charge on any atom is 0.164 e. The lowest BCUT2D eigenvalue weighted by Crippen LogP contribution is -2.00. The van der Waals surface area contributed by atoms with Crippen molar-refractivity contribution in [2.24, 2.45) is 0 Å². The SMILES string of the molecule is c1ccc(-c2nc(-c3cccc(-c4cc(-c5ccccc5)c5c(c4)sc4ccccc45)c3)nc(-c3cccc4oc5c6ccccc6ccc5c34)n2)cc1. The molecule has 0 spiro atoms. The summed E-state index contributed by atoms with van der Waals surface area (Å²) in [4.78, 5) is 15.4. The molecule has 3 heterocycles. The topological polar surface area (TPSA) is 51.8 Å². The Kier molecular flexibility index (Phi) is 7.00. The molecule has 5 heteroatoms. The van der Waals surface area contributed by atoms with Crippen molar-refractivity contribution in [1.29, 1.82) is 0 Å². The van der Waals surface area contributed by atoms with Gasteiger partial charge in [-0.05, 0) is 64.0 Å². The standard InChI is InChI=1S/C49H29N3OS/c1-3-13-30(14-4-1)40-28-35(29-43-45(40)37-21-9-10-24-42(37)54-43)33-18-11-19-34(27-33)48-50-47(32-16-5-2-6-17-32)51-49(52-48)39-22-12-23-41-44(39)38-26-25-31-15-7-8-20-36(31)46(38)53-41/h1-29H. The number of aromatic nitrogens is 3. The maximum absolute atomic E-state index is 6.54. The Morgan fingerprint density at radius 3 is 1.89 bits per heavy atom. The van der Waals surface area contributed by atoms with Crippen LogP contribution < -0.4 is 0 Å². The summed E-state index contributed by atoms with van der Waals surface area (Å²) >= 11 is 1.84. The fourth-order valence-electron chi connectivity index (χ4n) is 7.79. The molecule has 0 saturated carbocycles. The normalized spacial score (nSPS) is 11.7. The molecule has 3 aromatic heterocycles. The van der Waals surface area contributed by atoms with E-state index in [1.54, 1.807) is 0 Å². The first-order valence-corrected chi connectivity index (χ1v) is 18.8. The Balaban J connectivity index is 1.11. The number of hydrogen-bond acceptors (Lipinski definition) is 5. The first kappa shape index (κ1) is 30.7. The van der Waals surface area contributed by atoms with Gasteiger partial charge in [0.2, 0.25) is 0 Å². The van der Waals surface area contributed by atoms with Crippen LogP contribution in [0.1, 0.15) is 0 Å². The van der Waals surface area contributed by atoms with Crippen molar-refractivity contribution in [3.63, 3.8) is 0 Å². The van der Waals surface area contributed by atoms with Crippen molar-refractivity contribution in [3.05, 3.63) is 176 Å². The van der Waals surface area contributed by atoms with Gasteiger partial charge in [0.1, 0.15) is 11.2 Å². The largest absolute Gasteiger partial charge is 0.455 e. The lowest BCUT2D eigenvalue weighted by molar-refractivity contribution is 0.672. The molecule has 0 aliphatic carbocycles. The highest BCUT2D eigenvalue weighted by Gasteiger charge is 2.20. The maximum atomic E-state index is 6.54. The van der Waals surface area contributed by atoms with Gasteiger partial charge in [-0.2, -0.15) is 0 Å². The number of rotatable bonds is 5. The van der Waals surface area contributed by atoms with E-state index in [0.29, 0.717) is 17.5 Å². The number of fused-ring (bicyclic) bond motifs is 8. The van der Waals surface area contributed by atoms with Gasteiger partial charge >= 0.3 is 0 Å². The second-order valence-electron chi connectivity index (χ2n) is 13.6. The van der Waals surface area contributed by atoms with Crippen LogP contribution in [0.5, 0.6) is 0 Å². The van der Waals surface area contributed by atoms with Crippen LogP contribution in [0.4, 0.5) is 0 Å². The van der Waals surface area contributed by atoms with Crippen LogP contribution in [0.3, 0.4) is 0 Å². The minimum absolute atomic E-state index is 0.601.